The third-order valence-corrected chi connectivity index (χ3v) is 11.0. The molecule has 10 rings (SSSR count). The van der Waals surface area contributed by atoms with Crippen LogP contribution in [0.3, 0.4) is 0 Å². The number of hydrogen-bond acceptors (Lipinski definition) is 1. The van der Waals surface area contributed by atoms with Gasteiger partial charge in [0, 0.05) is 12.1 Å². The van der Waals surface area contributed by atoms with E-state index in [2.05, 4.69) is 212 Å². The Labute approximate surface area is 321 Å². The standard InChI is InChI=1S/C53H38N2/c1-2-51-54-49-19-11-12-20-50(49)55(51)44-32-29-40(30-33-44)39-23-25-41(26-24-39)52-45-17-9-10-18-46(45)53(42-27-21-38(22-28-42)36-13-5-3-6-14-36)48-35-43(31-34-47(48)52)37-15-7-4-8-16-37/h3-35H,2H2,1H3. The fourth-order valence-electron chi connectivity index (χ4n) is 8.30. The zero-order valence-electron chi connectivity index (χ0n) is 30.7. The van der Waals surface area contributed by atoms with E-state index in [9.17, 15) is 0 Å². The molecule has 0 N–H and O–H groups in total. The van der Waals surface area contributed by atoms with E-state index in [0.29, 0.717) is 0 Å². The zero-order valence-corrected chi connectivity index (χ0v) is 30.7. The van der Waals surface area contributed by atoms with E-state index in [1.165, 1.54) is 77.2 Å². The highest BCUT2D eigenvalue weighted by Gasteiger charge is 2.18. The van der Waals surface area contributed by atoms with Gasteiger partial charge in [-0.25, -0.2) is 4.98 Å². The third kappa shape index (κ3) is 5.80. The molecule has 0 amide bonds. The fraction of sp³-hybridized carbons (Fsp3) is 0.0377. The van der Waals surface area contributed by atoms with E-state index in [-0.39, 0.29) is 0 Å². The third-order valence-electron chi connectivity index (χ3n) is 11.0. The summed E-state index contributed by atoms with van der Waals surface area (Å²) in [5.74, 6) is 1.07. The van der Waals surface area contributed by atoms with Crippen LogP contribution in [0.1, 0.15) is 12.7 Å². The van der Waals surface area contributed by atoms with Gasteiger partial charge in [0.2, 0.25) is 0 Å². The molecular formula is C53H38N2. The molecule has 0 atom stereocenters. The Kier molecular flexibility index (Phi) is 8.15. The van der Waals surface area contributed by atoms with E-state index in [1.54, 1.807) is 0 Å². The number of imidazole rings is 1. The van der Waals surface area contributed by atoms with Crippen LogP contribution in [0.2, 0.25) is 0 Å². The molecular weight excluding hydrogens is 665 g/mol. The minimum absolute atomic E-state index is 0.871. The van der Waals surface area contributed by atoms with Crippen LogP contribution in [-0.2, 0) is 6.42 Å². The maximum Gasteiger partial charge on any atom is 0.114 e. The molecule has 0 aliphatic rings. The second-order valence-electron chi connectivity index (χ2n) is 14.2. The number of hydrogen-bond donors (Lipinski definition) is 0. The van der Waals surface area contributed by atoms with Crippen molar-refractivity contribution < 1.29 is 0 Å². The van der Waals surface area contributed by atoms with Gasteiger partial charge in [0.25, 0.3) is 0 Å². The number of para-hydroxylation sites is 2. The molecule has 0 unspecified atom stereocenters. The molecule has 1 aromatic heterocycles. The van der Waals surface area contributed by atoms with Crippen molar-refractivity contribution in [1.29, 1.82) is 0 Å². The maximum atomic E-state index is 4.89. The first kappa shape index (κ1) is 32.6. The van der Waals surface area contributed by atoms with Crippen molar-refractivity contribution >= 4 is 32.6 Å². The maximum absolute atomic E-state index is 4.89. The van der Waals surface area contributed by atoms with Crippen molar-refractivity contribution in [3.8, 4) is 61.3 Å². The number of nitrogens with zero attached hydrogens (tertiary/aromatic N) is 2. The van der Waals surface area contributed by atoms with Crippen molar-refractivity contribution in [1.82, 2.24) is 9.55 Å². The molecule has 260 valence electrons. The summed E-state index contributed by atoms with van der Waals surface area (Å²) in [7, 11) is 0. The lowest BCUT2D eigenvalue weighted by Gasteiger charge is -2.19. The summed E-state index contributed by atoms with van der Waals surface area (Å²) in [6, 6.07) is 72.7. The van der Waals surface area contributed by atoms with Gasteiger partial charge >= 0.3 is 0 Å². The Hall–Kier alpha value is -7.03. The fourth-order valence-corrected chi connectivity index (χ4v) is 8.30. The Balaban J connectivity index is 1.09. The van der Waals surface area contributed by atoms with Crippen molar-refractivity contribution in [3.05, 3.63) is 206 Å². The molecule has 1 heterocycles. The average Bonchev–Trinajstić information content (AvgIpc) is 3.65. The van der Waals surface area contributed by atoms with Crippen molar-refractivity contribution in [3.63, 3.8) is 0 Å². The first-order valence-electron chi connectivity index (χ1n) is 19.1. The van der Waals surface area contributed by atoms with Crippen LogP contribution in [0.15, 0.2) is 200 Å². The van der Waals surface area contributed by atoms with Gasteiger partial charge < -0.3 is 0 Å². The smallest absolute Gasteiger partial charge is 0.114 e. The minimum Gasteiger partial charge on any atom is -0.296 e. The molecule has 10 aromatic rings. The quantitative estimate of drug-likeness (QED) is 0.151. The van der Waals surface area contributed by atoms with E-state index in [0.717, 1.165) is 29.0 Å². The summed E-state index contributed by atoms with van der Waals surface area (Å²) < 4.78 is 2.28. The highest BCUT2D eigenvalue weighted by molar-refractivity contribution is 6.22. The molecule has 9 aromatic carbocycles. The second kappa shape index (κ2) is 13.7. The molecule has 0 radical (unpaired) electrons. The van der Waals surface area contributed by atoms with E-state index >= 15 is 0 Å². The SMILES string of the molecule is CCc1nc2ccccc2n1-c1ccc(-c2ccc(-c3c4ccccc4c(-c4ccc(-c5ccccc5)cc4)c4cc(-c5ccccc5)ccc34)cc2)cc1. The number of fused-ring (bicyclic) bond motifs is 3. The summed E-state index contributed by atoms with van der Waals surface area (Å²) in [6.45, 7) is 2.17. The van der Waals surface area contributed by atoms with E-state index in [4.69, 9.17) is 4.98 Å². The molecule has 0 saturated heterocycles. The first-order valence-corrected chi connectivity index (χ1v) is 19.1. The van der Waals surface area contributed by atoms with Crippen LogP contribution in [-0.4, -0.2) is 9.55 Å². The highest BCUT2D eigenvalue weighted by atomic mass is 15.1. The van der Waals surface area contributed by atoms with Gasteiger partial charge in [-0.05, 0) is 108 Å². The van der Waals surface area contributed by atoms with Gasteiger partial charge in [-0.1, -0.05) is 177 Å². The van der Waals surface area contributed by atoms with Crippen LogP contribution in [0.5, 0.6) is 0 Å². The largest absolute Gasteiger partial charge is 0.296 e. The monoisotopic (exact) mass is 702 g/mol. The van der Waals surface area contributed by atoms with Crippen molar-refractivity contribution in [2.24, 2.45) is 0 Å². The molecule has 0 aliphatic carbocycles. The van der Waals surface area contributed by atoms with E-state index in [1.807, 2.05) is 0 Å². The summed E-state index contributed by atoms with van der Waals surface area (Å²) in [5.41, 5.74) is 15.5. The molecule has 2 nitrogen and oxygen atoms in total. The predicted octanol–water partition coefficient (Wildman–Crippen LogP) is 14.2. The van der Waals surface area contributed by atoms with Crippen molar-refractivity contribution in [2.75, 3.05) is 0 Å². The van der Waals surface area contributed by atoms with Crippen LogP contribution >= 0.6 is 0 Å². The van der Waals surface area contributed by atoms with Crippen LogP contribution in [0.4, 0.5) is 0 Å². The van der Waals surface area contributed by atoms with Gasteiger partial charge in [-0.3, -0.25) is 4.57 Å². The Bertz CT molecular complexity index is 2960. The van der Waals surface area contributed by atoms with Crippen LogP contribution < -0.4 is 0 Å². The minimum atomic E-state index is 0.871. The molecule has 0 saturated carbocycles. The van der Waals surface area contributed by atoms with Crippen molar-refractivity contribution in [2.45, 2.75) is 13.3 Å². The lowest BCUT2D eigenvalue weighted by molar-refractivity contribution is 0.908. The predicted molar refractivity (Wildman–Crippen MR) is 233 cm³/mol. The number of aromatic nitrogens is 2. The van der Waals surface area contributed by atoms with Crippen LogP contribution in [0, 0.1) is 0 Å². The lowest BCUT2D eigenvalue weighted by atomic mass is 9.84. The Morgan fingerprint density at radius 2 is 0.782 bits per heavy atom. The summed E-state index contributed by atoms with van der Waals surface area (Å²) >= 11 is 0. The molecule has 0 bridgehead atoms. The molecule has 0 spiro atoms. The first-order chi connectivity index (χ1) is 27.2. The molecule has 2 heteroatoms. The Morgan fingerprint density at radius 3 is 1.36 bits per heavy atom. The van der Waals surface area contributed by atoms with Gasteiger partial charge in [0.05, 0.1) is 11.0 Å². The Morgan fingerprint density at radius 1 is 0.364 bits per heavy atom. The zero-order chi connectivity index (χ0) is 36.7. The van der Waals surface area contributed by atoms with E-state index < -0.39 is 0 Å². The van der Waals surface area contributed by atoms with Crippen LogP contribution in [0.25, 0.3) is 93.9 Å². The highest BCUT2D eigenvalue weighted by Crippen LogP contribution is 2.45. The average molecular weight is 703 g/mol. The molecule has 55 heavy (non-hydrogen) atoms. The summed E-state index contributed by atoms with van der Waals surface area (Å²) in [5, 5.41) is 5.00. The number of benzene rings is 9. The summed E-state index contributed by atoms with van der Waals surface area (Å²) in [6.07, 6.45) is 0.871. The normalized spacial score (nSPS) is 11.4. The topological polar surface area (TPSA) is 17.8 Å². The second-order valence-corrected chi connectivity index (χ2v) is 14.2. The van der Waals surface area contributed by atoms with Gasteiger partial charge in [0.1, 0.15) is 5.82 Å². The molecule has 0 fully saturated rings. The number of rotatable bonds is 7. The van der Waals surface area contributed by atoms with Gasteiger partial charge in [0.15, 0.2) is 0 Å². The van der Waals surface area contributed by atoms with Gasteiger partial charge in [-0.15, -0.1) is 0 Å². The molecule has 0 aliphatic heterocycles. The lowest BCUT2D eigenvalue weighted by Crippen LogP contribution is -1.99. The summed E-state index contributed by atoms with van der Waals surface area (Å²) in [4.78, 5) is 4.89. The van der Waals surface area contributed by atoms with Gasteiger partial charge in [-0.2, -0.15) is 0 Å². The number of aryl methyl sites for hydroxylation is 1.